The topological polar surface area (TPSA) is 70.4 Å². The number of methoxy groups -OCH3 is 2. The molecule has 0 amide bonds. The minimum atomic E-state index is -0.397. The van der Waals surface area contributed by atoms with E-state index in [4.69, 9.17) is 25.8 Å². The van der Waals surface area contributed by atoms with Gasteiger partial charge in [-0.05, 0) is 47.5 Å². The molecule has 2 aliphatic heterocycles. The average molecular weight is 473 g/mol. The summed E-state index contributed by atoms with van der Waals surface area (Å²) in [5.41, 5.74) is 4.84. The van der Waals surface area contributed by atoms with Crippen molar-refractivity contribution in [3.05, 3.63) is 100 Å². The molecule has 2 aliphatic rings. The monoisotopic (exact) mass is 472 g/mol. The molecule has 1 N–H and O–H groups in total. The summed E-state index contributed by atoms with van der Waals surface area (Å²) in [5, 5.41) is 8.71. The van der Waals surface area contributed by atoms with E-state index in [9.17, 15) is 0 Å². The maximum absolute atomic E-state index is 6.61. The molecule has 8 heteroatoms. The molecule has 3 aromatic carbocycles. The number of rotatable bonds is 4. The van der Waals surface area contributed by atoms with Crippen molar-refractivity contribution >= 4 is 23.2 Å². The minimum absolute atomic E-state index is 0.300. The van der Waals surface area contributed by atoms with Crippen LogP contribution < -0.4 is 19.5 Å². The lowest BCUT2D eigenvalue weighted by atomic mass is 9.84. The number of halogens is 1. The number of nitrogens with one attached hydrogen (secondary N) is 1. The number of hydrogen-bond acceptors (Lipinski definition) is 6. The number of anilines is 1. The molecule has 4 aromatic rings. The molecule has 3 heterocycles. The van der Waals surface area contributed by atoms with Gasteiger partial charge in [0, 0.05) is 16.2 Å². The number of nitrogens with zero attached hydrogens (tertiary/aromatic N) is 3. The van der Waals surface area contributed by atoms with Crippen molar-refractivity contribution in [1.29, 1.82) is 0 Å². The highest BCUT2D eigenvalue weighted by atomic mass is 35.5. The summed E-state index contributed by atoms with van der Waals surface area (Å²) in [6.45, 7) is 0. The standard InChI is InChI=1S/C26H21ClN4O3/c1-32-20-11-10-15(13-21(20)33-2)24-22-23(30-26-28-14-29-31(24)26)18-8-3-4-9-19(18)34-25(22)16-6-5-7-17(27)12-16/h3-14,24-25H,1-2H3,(H,28,29,30). The fourth-order valence-corrected chi connectivity index (χ4v) is 4.90. The Morgan fingerprint density at radius 2 is 1.79 bits per heavy atom. The van der Waals surface area contributed by atoms with Gasteiger partial charge in [0.1, 0.15) is 24.2 Å². The van der Waals surface area contributed by atoms with Gasteiger partial charge in [0.15, 0.2) is 11.5 Å². The Morgan fingerprint density at radius 3 is 2.62 bits per heavy atom. The summed E-state index contributed by atoms with van der Waals surface area (Å²) in [4.78, 5) is 4.47. The lowest BCUT2D eigenvalue weighted by Crippen LogP contribution is -2.32. The van der Waals surface area contributed by atoms with Gasteiger partial charge in [-0.2, -0.15) is 10.1 Å². The van der Waals surface area contributed by atoms with Crippen molar-refractivity contribution in [2.45, 2.75) is 12.1 Å². The molecular weight excluding hydrogens is 452 g/mol. The SMILES string of the molecule is COc1ccc(C2C3=C(Nc4ncnn42)c2ccccc2OC3c2cccc(Cl)c2)cc1OC. The van der Waals surface area contributed by atoms with Gasteiger partial charge in [0.2, 0.25) is 5.95 Å². The van der Waals surface area contributed by atoms with Crippen LogP contribution in [0.25, 0.3) is 5.70 Å². The smallest absolute Gasteiger partial charge is 0.226 e. The predicted molar refractivity (Wildman–Crippen MR) is 130 cm³/mol. The first kappa shape index (κ1) is 20.6. The maximum Gasteiger partial charge on any atom is 0.226 e. The molecule has 0 fully saturated rings. The summed E-state index contributed by atoms with van der Waals surface area (Å²) in [7, 11) is 3.25. The van der Waals surface area contributed by atoms with Crippen molar-refractivity contribution < 1.29 is 14.2 Å². The van der Waals surface area contributed by atoms with Crippen molar-refractivity contribution in [2.75, 3.05) is 19.5 Å². The molecule has 2 unspecified atom stereocenters. The van der Waals surface area contributed by atoms with E-state index in [0.717, 1.165) is 33.7 Å². The van der Waals surface area contributed by atoms with Crippen LogP contribution in [0.1, 0.15) is 28.8 Å². The molecule has 0 saturated heterocycles. The number of ether oxygens (including phenoxy) is 3. The van der Waals surface area contributed by atoms with Gasteiger partial charge in [-0.25, -0.2) is 4.68 Å². The van der Waals surface area contributed by atoms with E-state index in [-0.39, 0.29) is 6.04 Å². The summed E-state index contributed by atoms with van der Waals surface area (Å²) >= 11 is 6.38. The second kappa shape index (κ2) is 8.11. The van der Waals surface area contributed by atoms with Crippen LogP contribution in [0.3, 0.4) is 0 Å². The maximum atomic E-state index is 6.61. The van der Waals surface area contributed by atoms with Gasteiger partial charge >= 0.3 is 0 Å². The Balaban J connectivity index is 1.62. The van der Waals surface area contributed by atoms with Gasteiger partial charge in [0.05, 0.1) is 19.9 Å². The summed E-state index contributed by atoms with van der Waals surface area (Å²) in [6.07, 6.45) is 1.15. The largest absolute Gasteiger partial charge is 0.493 e. The fraction of sp³-hybridized carbons (Fsp3) is 0.154. The van der Waals surface area contributed by atoms with Gasteiger partial charge in [-0.1, -0.05) is 41.9 Å². The quantitative estimate of drug-likeness (QED) is 0.422. The first-order valence-electron chi connectivity index (χ1n) is 10.8. The van der Waals surface area contributed by atoms with Crippen LogP contribution in [0.4, 0.5) is 5.95 Å². The van der Waals surface area contributed by atoms with E-state index in [1.165, 1.54) is 0 Å². The number of hydrogen-bond donors (Lipinski definition) is 1. The Labute approximate surface area is 201 Å². The van der Waals surface area contributed by atoms with Crippen molar-refractivity contribution in [3.63, 3.8) is 0 Å². The third kappa shape index (κ3) is 3.20. The third-order valence-corrected chi connectivity index (χ3v) is 6.43. The zero-order valence-corrected chi connectivity index (χ0v) is 19.3. The Morgan fingerprint density at radius 1 is 0.941 bits per heavy atom. The van der Waals surface area contributed by atoms with Crippen LogP contribution in [0, 0.1) is 0 Å². The van der Waals surface area contributed by atoms with Crippen LogP contribution >= 0.6 is 11.6 Å². The van der Waals surface area contributed by atoms with Crippen LogP contribution in [-0.4, -0.2) is 29.0 Å². The number of benzene rings is 3. The molecule has 1 aromatic heterocycles. The Bertz CT molecular complexity index is 1430. The molecule has 0 saturated carbocycles. The third-order valence-electron chi connectivity index (χ3n) is 6.20. The van der Waals surface area contributed by atoms with E-state index in [2.05, 4.69) is 15.4 Å². The summed E-state index contributed by atoms with van der Waals surface area (Å²) in [5.74, 6) is 2.74. The highest BCUT2D eigenvalue weighted by Gasteiger charge is 2.41. The molecule has 2 atom stereocenters. The number of fused-ring (bicyclic) bond motifs is 3. The lowest BCUT2D eigenvalue weighted by Gasteiger charge is -2.39. The second-order valence-corrected chi connectivity index (χ2v) is 8.49. The van der Waals surface area contributed by atoms with Crippen molar-refractivity contribution in [2.24, 2.45) is 0 Å². The minimum Gasteiger partial charge on any atom is -0.493 e. The van der Waals surface area contributed by atoms with Crippen LogP contribution in [-0.2, 0) is 0 Å². The highest BCUT2D eigenvalue weighted by molar-refractivity contribution is 6.30. The van der Waals surface area contributed by atoms with Gasteiger partial charge in [-0.15, -0.1) is 0 Å². The number of para-hydroxylation sites is 1. The van der Waals surface area contributed by atoms with Crippen LogP contribution in [0.15, 0.2) is 78.6 Å². The highest BCUT2D eigenvalue weighted by Crippen LogP contribution is 2.51. The van der Waals surface area contributed by atoms with Gasteiger partial charge in [-0.3, -0.25) is 0 Å². The second-order valence-electron chi connectivity index (χ2n) is 8.05. The van der Waals surface area contributed by atoms with Gasteiger partial charge in [0.25, 0.3) is 0 Å². The molecule has 0 aliphatic carbocycles. The molecule has 0 radical (unpaired) electrons. The van der Waals surface area contributed by atoms with E-state index in [0.29, 0.717) is 22.5 Å². The first-order valence-corrected chi connectivity index (χ1v) is 11.2. The Hall–Kier alpha value is -3.97. The van der Waals surface area contributed by atoms with E-state index >= 15 is 0 Å². The zero-order valence-electron chi connectivity index (χ0n) is 18.5. The van der Waals surface area contributed by atoms with Crippen LogP contribution in [0.2, 0.25) is 5.02 Å². The Kier molecular flexibility index (Phi) is 4.92. The van der Waals surface area contributed by atoms with E-state index < -0.39 is 6.10 Å². The predicted octanol–water partition coefficient (Wildman–Crippen LogP) is 5.51. The molecule has 170 valence electrons. The van der Waals surface area contributed by atoms with Crippen molar-refractivity contribution in [3.8, 4) is 17.2 Å². The van der Waals surface area contributed by atoms with E-state index in [1.54, 1.807) is 20.5 Å². The van der Waals surface area contributed by atoms with Crippen molar-refractivity contribution in [1.82, 2.24) is 14.8 Å². The summed E-state index contributed by atoms with van der Waals surface area (Å²) < 4.78 is 19.6. The van der Waals surface area contributed by atoms with E-state index in [1.807, 2.05) is 71.4 Å². The molecule has 0 spiro atoms. The normalized spacial score (nSPS) is 18.2. The lowest BCUT2D eigenvalue weighted by molar-refractivity contribution is 0.223. The van der Waals surface area contributed by atoms with Crippen LogP contribution in [0.5, 0.6) is 17.2 Å². The first-order chi connectivity index (χ1) is 16.7. The molecule has 7 nitrogen and oxygen atoms in total. The number of aromatic nitrogens is 3. The fourth-order valence-electron chi connectivity index (χ4n) is 4.71. The summed E-state index contributed by atoms with van der Waals surface area (Å²) in [6, 6.07) is 21.3. The zero-order chi connectivity index (χ0) is 23.2. The molecule has 6 rings (SSSR count). The molecule has 34 heavy (non-hydrogen) atoms. The molecular formula is C26H21ClN4O3. The van der Waals surface area contributed by atoms with Gasteiger partial charge < -0.3 is 19.5 Å². The molecule has 0 bridgehead atoms. The average Bonchev–Trinajstić information content (AvgIpc) is 3.35.